The summed E-state index contributed by atoms with van der Waals surface area (Å²) < 4.78 is 5.53. The van der Waals surface area contributed by atoms with E-state index in [1.807, 2.05) is 0 Å². The fourth-order valence-corrected chi connectivity index (χ4v) is 2.11. The topological polar surface area (TPSA) is 117 Å². The van der Waals surface area contributed by atoms with Crippen LogP contribution in [-0.2, 0) is 0 Å². The maximum atomic E-state index is 12.0. The summed E-state index contributed by atoms with van der Waals surface area (Å²) in [4.78, 5) is 23.5. The van der Waals surface area contributed by atoms with Gasteiger partial charge in [-0.2, -0.15) is 0 Å². The molecule has 0 atom stereocenters. The van der Waals surface area contributed by atoms with E-state index in [-0.39, 0.29) is 24.3 Å². The van der Waals surface area contributed by atoms with Crippen LogP contribution in [0.3, 0.4) is 0 Å². The quantitative estimate of drug-likeness (QED) is 0.343. The summed E-state index contributed by atoms with van der Waals surface area (Å²) in [5.74, 6) is 0.105. The molecule has 2 aromatic carbocycles. The zero-order chi connectivity index (χ0) is 18.2. The molecule has 130 valence electrons. The van der Waals surface area contributed by atoms with E-state index in [4.69, 9.17) is 15.9 Å². The molecule has 5 N–H and O–H groups in total. The highest BCUT2D eigenvalue weighted by molar-refractivity contribution is 5.97. The van der Waals surface area contributed by atoms with Crippen LogP contribution in [0.25, 0.3) is 0 Å². The van der Waals surface area contributed by atoms with Crippen LogP contribution in [0, 0.1) is 5.41 Å². The highest BCUT2D eigenvalue weighted by Crippen LogP contribution is 2.12. The molecular weight excluding hydrogens is 320 g/mol. The smallest absolute Gasteiger partial charge is 0.251 e. The number of hydrogen-bond donors (Lipinski definition) is 4. The van der Waals surface area contributed by atoms with Crippen LogP contribution >= 0.6 is 0 Å². The van der Waals surface area contributed by atoms with Crippen molar-refractivity contribution in [2.45, 2.75) is 0 Å². The van der Waals surface area contributed by atoms with E-state index < -0.39 is 0 Å². The first kappa shape index (κ1) is 18.0. The van der Waals surface area contributed by atoms with Crippen LogP contribution in [0.2, 0.25) is 0 Å². The molecule has 0 unspecified atom stereocenters. The van der Waals surface area contributed by atoms with E-state index in [0.717, 1.165) is 0 Å². The number of rotatable bonds is 7. The molecule has 0 radical (unpaired) electrons. The Kier molecular flexibility index (Phi) is 6.11. The van der Waals surface area contributed by atoms with Crippen molar-refractivity contribution in [1.82, 2.24) is 10.6 Å². The Hall–Kier alpha value is -3.35. The third-order valence-electron chi connectivity index (χ3n) is 3.44. The zero-order valence-corrected chi connectivity index (χ0v) is 13.8. The Morgan fingerprint density at radius 3 is 2.28 bits per heavy atom. The summed E-state index contributed by atoms with van der Waals surface area (Å²) in [7, 11) is 1.55. The molecule has 0 heterocycles. The van der Waals surface area contributed by atoms with Crippen molar-refractivity contribution >= 4 is 17.6 Å². The Labute approximate surface area is 145 Å². The van der Waals surface area contributed by atoms with Gasteiger partial charge in [0.05, 0.1) is 6.54 Å². The van der Waals surface area contributed by atoms with E-state index in [1.54, 1.807) is 55.6 Å². The van der Waals surface area contributed by atoms with Gasteiger partial charge in [-0.3, -0.25) is 15.0 Å². The van der Waals surface area contributed by atoms with Crippen molar-refractivity contribution in [1.29, 1.82) is 5.41 Å². The molecule has 0 aromatic heterocycles. The molecule has 0 saturated heterocycles. The molecule has 0 fully saturated rings. The SMILES string of the molecule is CNC(=O)c1ccc(C(=O)NCCOc2cccc(C(=N)N)c2)cc1. The molecule has 0 aliphatic carbocycles. The highest BCUT2D eigenvalue weighted by Gasteiger charge is 2.07. The van der Waals surface area contributed by atoms with E-state index in [9.17, 15) is 9.59 Å². The molecule has 25 heavy (non-hydrogen) atoms. The fraction of sp³-hybridized carbons (Fsp3) is 0.167. The molecule has 0 bridgehead atoms. The summed E-state index contributed by atoms with van der Waals surface area (Å²) >= 11 is 0. The van der Waals surface area contributed by atoms with Crippen molar-refractivity contribution < 1.29 is 14.3 Å². The van der Waals surface area contributed by atoms with Crippen LogP contribution in [0.5, 0.6) is 5.75 Å². The largest absolute Gasteiger partial charge is 0.492 e. The van der Waals surface area contributed by atoms with E-state index >= 15 is 0 Å². The average Bonchev–Trinajstić information content (AvgIpc) is 2.64. The molecule has 2 rings (SSSR count). The molecule has 7 nitrogen and oxygen atoms in total. The lowest BCUT2D eigenvalue weighted by Crippen LogP contribution is -2.28. The van der Waals surface area contributed by atoms with Gasteiger partial charge in [0.25, 0.3) is 11.8 Å². The van der Waals surface area contributed by atoms with Crippen molar-refractivity contribution in [2.24, 2.45) is 5.73 Å². The van der Waals surface area contributed by atoms with Crippen LogP contribution in [-0.4, -0.2) is 37.8 Å². The number of nitrogen functional groups attached to an aromatic ring is 1. The summed E-state index contributed by atoms with van der Waals surface area (Å²) in [6, 6.07) is 13.3. The Morgan fingerprint density at radius 2 is 1.68 bits per heavy atom. The number of nitrogens with two attached hydrogens (primary N) is 1. The van der Waals surface area contributed by atoms with Gasteiger partial charge in [0, 0.05) is 23.7 Å². The molecule has 0 spiro atoms. The minimum Gasteiger partial charge on any atom is -0.492 e. The molecule has 7 heteroatoms. The first-order valence-electron chi connectivity index (χ1n) is 7.69. The number of hydrogen-bond acceptors (Lipinski definition) is 4. The first-order valence-corrected chi connectivity index (χ1v) is 7.69. The van der Waals surface area contributed by atoms with Crippen LogP contribution in [0.1, 0.15) is 26.3 Å². The monoisotopic (exact) mass is 340 g/mol. The molecular formula is C18H20N4O3. The number of amides is 2. The molecule has 0 aliphatic rings. The maximum Gasteiger partial charge on any atom is 0.251 e. The number of amidine groups is 1. The predicted molar refractivity (Wildman–Crippen MR) is 95.1 cm³/mol. The van der Waals surface area contributed by atoms with Crippen LogP contribution < -0.4 is 21.1 Å². The van der Waals surface area contributed by atoms with E-state index in [0.29, 0.717) is 29.0 Å². The molecule has 2 aromatic rings. The van der Waals surface area contributed by atoms with Crippen molar-refractivity contribution in [2.75, 3.05) is 20.2 Å². The van der Waals surface area contributed by atoms with E-state index in [1.165, 1.54) is 0 Å². The average molecular weight is 340 g/mol. The minimum atomic E-state index is -0.246. The number of carbonyl (C=O) groups excluding carboxylic acids is 2. The summed E-state index contributed by atoms with van der Waals surface area (Å²) in [5, 5.41) is 12.6. The Balaban J connectivity index is 1.81. The van der Waals surface area contributed by atoms with Gasteiger partial charge in [-0.05, 0) is 36.4 Å². The normalized spacial score (nSPS) is 9.96. The minimum absolute atomic E-state index is 0.0287. The third-order valence-corrected chi connectivity index (χ3v) is 3.44. The van der Waals surface area contributed by atoms with Gasteiger partial charge in [-0.1, -0.05) is 12.1 Å². The van der Waals surface area contributed by atoms with Crippen LogP contribution in [0.15, 0.2) is 48.5 Å². The number of nitrogens with one attached hydrogen (secondary N) is 3. The Bertz CT molecular complexity index is 772. The van der Waals surface area contributed by atoms with E-state index in [2.05, 4.69) is 10.6 Å². The predicted octanol–water partition coefficient (Wildman–Crippen LogP) is 1.14. The van der Waals surface area contributed by atoms with Crippen LogP contribution in [0.4, 0.5) is 0 Å². The standard InChI is InChI=1S/C18H20N4O3/c1-21-17(23)12-5-7-13(8-6-12)18(24)22-9-10-25-15-4-2-3-14(11-15)16(19)20/h2-8,11H,9-10H2,1H3,(H3,19,20)(H,21,23)(H,22,24). The number of ether oxygens (including phenoxy) is 1. The first-order chi connectivity index (χ1) is 12.0. The van der Waals surface area contributed by atoms with Gasteiger partial charge in [0.2, 0.25) is 0 Å². The second-order valence-electron chi connectivity index (χ2n) is 5.20. The lowest BCUT2D eigenvalue weighted by molar-refractivity contribution is 0.0941. The lowest BCUT2D eigenvalue weighted by atomic mass is 10.1. The molecule has 2 amide bonds. The summed E-state index contributed by atoms with van der Waals surface area (Å²) in [5.41, 5.74) is 6.96. The second kappa shape index (κ2) is 8.49. The summed E-state index contributed by atoms with van der Waals surface area (Å²) in [6.07, 6.45) is 0. The lowest BCUT2D eigenvalue weighted by Gasteiger charge is -2.09. The van der Waals surface area contributed by atoms with Crippen molar-refractivity contribution in [3.63, 3.8) is 0 Å². The third kappa shape index (κ3) is 5.07. The van der Waals surface area contributed by atoms with Gasteiger partial charge in [0.1, 0.15) is 18.2 Å². The highest BCUT2D eigenvalue weighted by atomic mass is 16.5. The van der Waals surface area contributed by atoms with Gasteiger partial charge in [-0.25, -0.2) is 0 Å². The number of benzene rings is 2. The fourth-order valence-electron chi connectivity index (χ4n) is 2.11. The maximum absolute atomic E-state index is 12.0. The molecule has 0 saturated carbocycles. The van der Waals surface area contributed by atoms with Gasteiger partial charge in [-0.15, -0.1) is 0 Å². The van der Waals surface area contributed by atoms with Gasteiger partial charge >= 0.3 is 0 Å². The Morgan fingerprint density at radius 1 is 1.04 bits per heavy atom. The molecule has 0 aliphatic heterocycles. The summed E-state index contributed by atoms with van der Waals surface area (Å²) in [6.45, 7) is 0.601. The van der Waals surface area contributed by atoms with Crippen molar-refractivity contribution in [3.8, 4) is 5.75 Å². The second-order valence-corrected chi connectivity index (χ2v) is 5.20. The van der Waals surface area contributed by atoms with Crippen molar-refractivity contribution in [3.05, 3.63) is 65.2 Å². The van der Waals surface area contributed by atoms with Gasteiger partial charge in [0.15, 0.2) is 0 Å². The van der Waals surface area contributed by atoms with Gasteiger partial charge < -0.3 is 21.1 Å². The zero-order valence-electron chi connectivity index (χ0n) is 13.8. The number of carbonyl (C=O) groups is 2.